The van der Waals surface area contributed by atoms with Crippen LogP contribution in [-0.4, -0.2) is 44.0 Å². The maximum absolute atomic E-state index is 12.7. The molecule has 0 bridgehead atoms. The first-order chi connectivity index (χ1) is 15.7. The number of amides is 1. The number of hydrogen-bond donors (Lipinski definition) is 0. The maximum Gasteiger partial charge on any atom is 0.227 e. The minimum absolute atomic E-state index is 0.189. The molecule has 4 aromatic heterocycles. The Morgan fingerprint density at radius 1 is 1.19 bits per heavy atom. The number of aryl methyl sites for hydroxylation is 1. The molecular weight excluding hydrogens is 422 g/mol. The Bertz CT molecular complexity index is 1200. The van der Waals surface area contributed by atoms with Crippen LogP contribution in [0.5, 0.6) is 0 Å². The second-order valence-electron chi connectivity index (χ2n) is 7.95. The summed E-state index contributed by atoms with van der Waals surface area (Å²) < 4.78 is 5.54. The quantitative estimate of drug-likeness (QED) is 0.449. The molecule has 0 aromatic carbocycles. The van der Waals surface area contributed by atoms with E-state index in [0.717, 1.165) is 40.4 Å². The highest BCUT2D eigenvalue weighted by atomic mass is 32.1. The van der Waals surface area contributed by atoms with E-state index in [4.69, 9.17) is 9.51 Å². The van der Waals surface area contributed by atoms with Gasteiger partial charge in [-0.05, 0) is 43.3 Å². The summed E-state index contributed by atoms with van der Waals surface area (Å²) in [6.45, 7) is 3.33. The van der Waals surface area contributed by atoms with E-state index >= 15 is 0 Å². The molecule has 1 saturated heterocycles. The molecule has 5 rings (SSSR count). The summed E-state index contributed by atoms with van der Waals surface area (Å²) in [5.41, 5.74) is 3.34. The molecule has 0 unspecified atom stereocenters. The number of aromatic nitrogens is 4. The Labute approximate surface area is 190 Å². The lowest BCUT2D eigenvalue weighted by atomic mass is 9.90. The van der Waals surface area contributed by atoms with E-state index in [1.165, 1.54) is 0 Å². The van der Waals surface area contributed by atoms with Crippen LogP contribution in [0.2, 0.25) is 0 Å². The second-order valence-corrected chi connectivity index (χ2v) is 8.98. The third-order valence-electron chi connectivity index (χ3n) is 5.75. The predicted molar refractivity (Wildman–Crippen MR) is 122 cm³/mol. The van der Waals surface area contributed by atoms with Gasteiger partial charge in [-0.1, -0.05) is 17.3 Å². The molecule has 4 aromatic rings. The predicted octanol–water partition coefficient (Wildman–Crippen LogP) is 4.51. The van der Waals surface area contributed by atoms with Crippen LogP contribution in [0.1, 0.15) is 35.0 Å². The average molecular weight is 446 g/mol. The highest BCUT2D eigenvalue weighted by Crippen LogP contribution is 2.35. The van der Waals surface area contributed by atoms with Gasteiger partial charge >= 0.3 is 0 Å². The Morgan fingerprint density at radius 2 is 2.06 bits per heavy atom. The summed E-state index contributed by atoms with van der Waals surface area (Å²) >= 11 is 1.63. The van der Waals surface area contributed by atoms with E-state index in [1.807, 2.05) is 53.6 Å². The number of carbonyl (C=O) groups is 1. The molecule has 1 aliphatic heterocycles. The minimum Gasteiger partial charge on any atom is -0.356 e. The van der Waals surface area contributed by atoms with Gasteiger partial charge in [-0.15, -0.1) is 11.3 Å². The van der Waals surface area contributed by atoms with Crippen molar-refractivity contribution in [3.05, 3.63) is 70.4 Å². The molecule has 0 spiro atoms. The highest BCUT2D eigenvalue weighted by molar-refractivity contribution is 7.10. The van der Waals surface area contributed by atoms with Crippen LogP contribution in [0.15, 0.2) is 58.7 Å². The topological polar surface area (TPSA) is 85.0 Å². The molecule has 0 saturated carbocycles. The van der Waals surface area contributed by atoms with Crippen LogP contribution in [0.25, 0.3) is 22.8 Å². The first-order valence-corrected chi connectivity index (χ1v) is 11.6. The van der Waals surface area contributed by atoms with Crippen molar-refractivity contribution in [2.45, 2.75) is 32.1 Å². The van der Waals surface area contributed by atoms with E-state index in [2.05, 4.69) is 15.1 Å². The van der Waals surface area contributed by atoms with Crippen LogP contribution >= 0.6 is 11.3 Å². The molecule has 8 heteroatoms. The lowest BCUT2D eigenvalue weighted by Gasteiger charge is -2.32. The van der Waals surface area contributed by atoms with Crippen LogP contribution < -0.4 is 0 Å². The Hall–Kier alpha value is -3.39. The standard InChI is InChI=1S/C24H23N5O2S/c1-16-13-21(31-28-16)19-15-26-24(20-6-2-3-9-25-20)27-23(19)17-7-10-29(11-8-17)22(30)14-18-5-4-12-32-18/h2-6,9,12-13,15,17H,7-8,10-11,14H2,1H3. The summed E-state index contributed by atoms with van der Waals surface area (Å²) in [4.78, 5) is 29.7. The van der Waals surface area contributed by atoms with Gasteiger partial charge in [-0.25, -0.2) is 9.97 Å². The van der Waals surface area contributed by atoms with Crippen molar-refractivity contribution in [3.8, 4) is 22.8 Å². The average Bonchev–Trinajstić information content (AvgIpc) is 3.51. The van der Waals surface area contributed by atoms with Crippen LogP contribution in [0.3, 0.4) is 0 Å². The lowest BCUT2D eigenvalue weighted by molar-refractivity contribution is -0.131. The fourth-order valence-corrected chi connectivity index (χ4v) is 4.78. The van der Waals surface area contributed by atoms with Gasteiger partial charge in [-0.3, -0.25) is 9.78 Å². The van der Waals surface area contributed by atoms with Crippen molar-refractivity contribution in [1.29, 1.82) is 0 Å². The summed E-state index contributed by atoms with van der Waals surface area (Å²) in [7, 11) is 0. The number of likely N-dealkylation sites (tertiary alicyclic amines) is 1. The maximum atomic E-state index is 12.7. The Kier molecular flexibility index (Phi) is 5.77. The minimum atomic E-state index is 0.189. The number of rotatable bonds is 5. The monoisotopic (exact) mass is 445 g/mol. The fraction of sp³-hybridized carbons (Fsp3) is 0.292. The largest absolute Gasteiger partial charge is 0.356 e. The van der Waals surface area contributed by atoms with Gasteiger partial charge in [0, 0.05) is 42.3 Å². The zero-order valence-corrected chi connectivity index (χ0v) is 18.6. The van der Waals surface area contributed by atoms with E-state index in [9.17, 15) is 4.79 Å². The summed E-state index contributed by atoms with van der Waals surface area (Å²) in [6.07, 6.45) is 5.70. The molecule has 32 heavy (non-hydrogen) atoms. The lowest BCUT2D eigenvalue weighted by Crippen LogP contribution is -2.39. The van der Waals surface area contributed by atoms with Gasteiger partial charge in [0.05, 0.1) is 23.4 Å². The molecule has 1 aliphatic rings. The van der Waals surface area contributed by atoms with Crippen molar-refractivity contribution in [2.24, 2.45) is 0 Å². The van der Waals surface area contributed by atoms with E-state index < -0.39 is 0 Å². The van der Waals surface area contributed by atoms with Crippen molar-refractivity contribution in [1.82, 2.24) is 25.0 Å². The zero-order chi connectivity index (χ0) is 21.9. The second kappa shape index (κ2) is 9.00. The van der Waals surface area contributed by atoms with Crippen LogP contribution in [0, 0.1) is 6.92 Å². The number of piperidine rings is 1. The molecule has 1 amide bonds. The molecule has 0 aliphatic carbocycles. The summed E-state index contributed by atoms with van der Waals surface area (Å²) in [6, 6.07) is 11.6. The first kappa shape index (κ1) is 20.5. The fourth-order valence-electron chi connectivity index (χ4n) is 4.08. The number of hydrogen-bond acceptors (Lipinski definition) is 7. The van der Waals surface area contributed by atoms with Crippen LogP contribution in [-0.2, 0) is 11.2 Å². The zero-order valence-electron chi connectivity index (χ0n) is 17.8. The molecule has 7 nitrogen and oxygen atoms in total. The molecule has 0 atom stereocenters. The van der Waals surface area contributed by atoms with Crippen molar-refractivity contribution in [3.63, 3.8) is 0 Å². The van der Waals surface area contributed by atoms with Crippen LogP contribution in [0.4, 0.5) is 0 Å². The Morgan fingerprint density at radius 3 is 2.75 bits per heavy atom. The van der Waals surface area contributed by atoms with Crippen molar-refractivity contribution < 1.29 is 9.32 Å². The molecule has 0 radical (unpaired) electrons. The Balaban J connectivity index is 1.39. The van der Waals surface area contributed by atoms with Crippen molar-refractivity contribution in [2.75, 3.05) is 13.1 Å². The normalized spacial score (nSPS) is 14.6. The highest BCUT2D eigenvalue weighted by Gasteiger charge is 2.28. The number of nitrogens with zero attached hydrogens (tertiary/aromatic N) is 5. The number of carbonyl (C=O) groups excluding carboxylic acids is 1. The third-order valence-corrected chi connectivity index (χ3v) is 6.62. The van der Waals surface area contributed by atoms with Gasteiger partial charge in [-0.2, -0.15) is 0 Å². The van der Waals surface area contributed by atoms with E-state index in [-0.39, 0.29) is 11.8 Å². The van der Waals surface area contributed by atoms with Gasteiger partial charge < -0.3 is 9.42 Å². The van der Waals surface area contributed by atoms with Crippen molar-refractivity contribution >= 4 is 17.2 Å². The van der Waals surface area contributed by atoms with Gasteiger partial charge in [0.2, 0.25) is 5.91 Å². The number of thiophene rings is 1. The SMILES string of the molecule is Cc1cc(-c2cnc(-c3ccccn3)nc2C2CCN(C(=O)Cc3cccs3)CC2)on1. The first-order valence-electron chi connectivity index (χ1n) is 10.7. The van der Waals surface area contributed by atoms with Gasteiger partial charge in [0.1, 0.15) is 5.69 Å². The summed E-state index contributed by atoms with van der Waals surface area (Å²) in [5, 5.41) is 6.05. The molecule has 0 N–H and O–H groups in total. The molecule has 162 valence electrons. The molecule has 5 heterocycles. The van der Waals surface area contributed by atoms with Gasteiger partial charge in [0.25, 0.3) is 0 Å². The molecule has 1 fully saturated rings. The number of pyridine rings is 1. The summed E-state index contributed by atoms with van der Waals surface area (Å²) in [5.74, 6) is 1.65. The smallest absolute Gasteiger partial charge is 0.227 e. The third kappa shape index (κ3) is 4.31. The van der Waals surface area contributed by atoms with E-state index in [0.29, 0.717) is 31.1 Å². The van der Waals surface area contributed by atoms with Gasteiger partial charge in [0.15, 0.2) is 11.6 Å². The van der Waals surface area contributed by atoms with E-state index in [1.54, 1.807) is 23.7 Å². The molecular formula is C24H23N5O2S.